The van der Waals surface area contributed by atoms with E-state index in [1.54, 1.807) is 18.2 Å². The van der Waals surface area contributed by atoms with Crippen LogP contribution in [0, 0.1) is 11.3 Å². The molecule has 1 atom stereocenters. The molecule has 0 aliphatic carbocycles. The van der Waals surface area contributed by atoms with E-state index in [1.165, 1.54) is 6.08 Å². The molecule has 1 fully saturated rings. The fraction of sp³-hybridized carbons (Fsp3) is 0.286. The molecule has 1 amide bonds. The molecule has 1 aliphatic rings. The van der Waals surface area contributed by atoms with Crippen molar-refractivity contribution < 1.29 is 13.2 Å². The average molecular weight is 369 g/mol. The molecule has 5 nitrogen and oxygen atoms in total. The van der Waals surface area contributed by atoms with Crippen LogP contribution in [0.5, 0.6) is 0 Å². The van der Waals surface area contributed by atoms with Gasteiger partial charge in [-0.1, -0.05) is 28.1 Å². The third-order valence-corrected chi connectivity index (χ3v) is 5.35. The van der Waals surface area contributed by atoms with Gasteiger partial charge in [-0.05, 0) is 30.2 Å². The summed E-state index contributed by atoms with van der Waals surface area (Å²) in [4.78, 5) is 12.0. The molecule has 7 heteroatoms. The summed E-state index contributed by atoms with van der Waals surface area (Å²) in [6.07, 6.45) is 1.87. The minimum absolute atomic E-state index is 0.0441. The van der Waals surface area contributed by atoms with Crippen molar-refractivity contribution in [2.45, 2.75) is 12.5 Å². The number of hydrogen-bond acceptors (Lipinski definition) is 4. The van der Waals surface area contributed by atoms with Crippen LogP contribution in [0.2, 0.25) is 0 Å². The number of nitriles is 1. The maximum atomic E-state index is 12.0. The first kappa shape index (κ1) is 15.7. The molecular weight excluding hydrogens is 356 g/mol. The summed E-state index contributed by atoms with van der Waals surface area (Å²) in [6, 6.07) is 8.63. The van der Waals surface area contributed by atoms with Gasteiger partial charge < -0.3 is 5.32 Å². The molecule has 1 aromatic rings. The molecule has 1 saturated heterocycles. The minimum atomic E-state index is -3.06. The first-order valence-corrected chi connectivity index (χ1v) is 8.90. The number of halogens is 1. The van der Waals surface area contributed by atoms with Gasteiger partial charge in [-0.2, -0.15) is 5.26 Å². The number of hydrogen-bond donors (Lipinski definition) is 1. The van der Waals surface area contributed by atoms with E-state index in [9.17, 15) is 13.2 Å². The van der Waals surface area contributed by atoms with E-state index in [-0.39, 0.29) is 17.1 Å². The Morgan fingerprint density at radius 3 is 2.81 bits per heavy atom. The van der Waals surface area contributed by atoms with Crippen molar-refractivity contribution in [3.8, 4) is 6.07 Å². The highest BCUT2D eigenvalue weighted by atomic mass is 79.9. The Morgan fingerprint density at radius 1 is 1.48 bits per heavy atom. The summed E-state index contributed by atoms with van der Waals surface area (Å²) in [5, 5.41) is 11.7. The molecule has 1 heterocycles. The highest BCUT2D eigenvalue weighted by Gasteiger charge is 2.29. The van der Waals surface area contributed by atoms with E-state index in [0.29, 0.717) is 6.42 Å². The number of rotatable bonds is 3. The van der Waals surface area contributed by atoms with Gasteiger partial charge in [0.15, 0.2) is 9.84 Å². The lowest BCUT2D eigenvalue weighted by Crippen LogP contribution is -2.36. The SMILES string of the molecule is N#C/C(=C\c1cccc(Br)c1)C(=O)NC1CCS(=O)(=O)C1. The van der Waals surface area contributed by atoms with Crippen LogP contribution in [0.1, 0.15) is 12.0 Å². The number of carbonyl (C=O) groups excluding carboxylic acids is 1. The molecule has 110 valence electrons. The van der Waals surface area contributed by atoms with Gasteiger partial charge in [-0.15, -0.1) is 0 Å². The maximum absolute atomic E-state index is 12.0. The number of benzene rings is 1. The van der Waals surface area contributed by atoms with Crippen LogP contribution in [-0.2, 0) is 14.6 Å². The molecule has 21 heavy (non-hydrogen) atoms. The van der Waals surface area contributed by atoms with Crippen molar-refractivity contribution in [2.24, 2.45) is 0 Å². The zero-order valence-corrected chi connectivity index (χ0v) is 13.4. The Hall–Kier alpha value is -1.65. The molecule has 0 saturated carbocycles. The van der Waals surface area contributed by atoms with Crippen LogP contribution in [0.4, 0.5) is 0 Å². The van der Waals surface area contributed by atoms with Crippen molar-refractivity contribution >= 4 is 37.8 Å². The molecule has 2 rings (SSSR count). The Bertz CT molecular complexity index is 735. The summed E-state index contributed by atoms with van der Waals surface area (Å²) < 4.78 is 23.6. The standard InChI is InChI=1S/C14H13BrN2O3S/c15-12-3-1-2-10(7-12)6-11(8-16)14(18)17-13-4-5-21(19,20)9-13/h1-3,6-7,13H,4-5,9H2,(H,17,18)/b11-6+. The van der Waals surface area contributed by atoms with E-state index in [4.69, 9.17) is 5.26 Å². The van der Waals surface area contributed by atoms with Gasteiger partial charge in [-0.3, -0.25) is 4.79 Å². The highest BCUT2D eigenvalue weighted by molar-refractivity contribution is 9.10. The van der Waals surface area contributed by atoms with Crippen molar-refractivity contribution in [3.63, 3.8) is 0 Å². The molecule has 0 radical (unpaired) electrons. The molecule has 0 aromatic heterocycles. The van der Waals surface area contributed by atoms with Gasteiger partial charge in [0.1, 0.15) is 11.6 Å². The lowest BCUT2D eigenvalue weighted by Gasteiger charge is -2.09. The van der Waals surface area contributed by atoms with Gasteiger partial charge in [-0.25, -0.2) is 8.42 Å². The monoisotopic (exact) mass is 368 g/mol. The van der Waals surface area contributed by atoms with Gasteiger partial charge in [0, 0.05) is 10.5 Å². The average Bonchev–Trinajstić information content (AvgIpc) is 2.75. The molecule has 1 N–H and O–H groups in total. The lowest BCUT2D eigenvalue weighted by atomic mass is 10.1. The highest BCUT2D eigenvalue weighted by Crippen LogP contribution is 2.15. The quantitative estimate of drug-likeness (QED) is 0.649. The first-order chi connectivity index (χ1) is 9.89. The number of nitrogens with zero attached hydrogens (tertiary/aromatic N) is 1. The summed E-state index contributed by atoms with van der Waals surface area (Å²) in [6.45, 7) is 0. The van der Waals surface area contributed by atoms with E-state index in [2.05, 4.69) is 21.2 Å². The summed E-state index contributed by atoms with van der Waals surface area (Å²) in [5.41, 5.74) is 0.674. The number of sulfone groups is 1. The van der Waals surface area contributed by atoms with Gasteiger partial charge in [0.05, 0.1) is 11.5 Å². The molecule has 1 unspecified atom stereocenters. The van der Waals surface area contributed by atoms with Crippen LogP contribution >= 0.6 is 15.9 Å². The second-order valence-electron chi connectivity index (χ2n) is 4.80. The molecular formula is C14H13BrN2O3S. The number of carbonyl (C=O) groups is 1. The third-order valence-electron chi connectivity index (χ3n) is 3.09. The van der Waals surface area contributed by atoms with Crippen molar-refractivity contribution in [1.82, 2.24) is 5.32 Å². The van der Waals surface area contributed by atoms with Crippen LogP contribution in [0.25, 0.3) is 6.08 Å². The minimum Gasteiger partial charge on any atom is -0.348 e. The topological polar surface area (TPSA) is 87.0 Å². The summed E-state index contributed by atoms with van der Waals surface area (Å²) >= 11 is 3.32. The zero-order valence-electron chi connectivity index (χ0n) is 11.0. The fourth-order valence-corrected chi connectivity index (χ4v) is 4.17. The van der Waals surface area contributed by atoms with Crippen LogP contribution in [-0.4, -0.2) is 31.9 Å². The van der Waals surface area contributed by atoms with Crippen molar-refractivity contribution in [1.29, 1.82) is 5.26 Å². The fourth-order valence-electron chi connectivity index (χ4n) is 2.08. The first-order valence-electron chi connectivity index (χ1n) is 6.28. The van der Waals surface area contributed by atoms with Crippen molar-refractivity contribution in [3.05, 3.63) is 39.9 Å². The third kappa shape index (κ3) is 4.41. The van der Waals surface area contributed by atoms with E-state index < -0.39 is 21.8 Å². The Balaban J connectivity index is 2.11. The van der Waals surface area contributed by atoms with E-state index >= 15 is 0 Å². The van der Waals surface area contributed by atoms with Crippen molar-refractivity contribution in [2.75, 3.05) is 11.5 Å². The largest absolute Gasteiger partial charge is 0.348 e. The lowest BCUT2D eigenvalue weighted by molar-refractivity contribution is -0.117. The van der Waals surface area contributed by atoms with Crippen LogP contribution < -0.4 is 5.32 Å². The number of nitrogens with one attached hydrogen (secondary N) is 1. The van der Waals surface area contributed by atoms with Gasteiger partial charge in [0.25, 0.3) is 5.91 Å². The van der Waals surface area contributed by atoms with Gasteiger partial charge in [0.2, 0.25) is 0 Å². The second kappa shape index (κ2) is 6.41. The Kier molecular flexibility index (Phi) is 4.80. The van der Waals surface area contributed by atoms with Gasteiger partial charge >= 0.3 is 0 Å². The van der Waals surface area contributed by atoms with E-state index in [1.807, 2.05) is 12.1 Å². The smallest absolute Gasteiger partial charge is 0.262 e. The van der Waals surface area contributed by atoms with E-state index in [0.717, 1.165) is 10.0 Å². The molecule has 1 aliphatic heterocycles. The predicted molar refractivity (Wildman–Crippen MR) is 82.9 cm³/mol. The number of amides is 1. The predicted octanol–water partition coefficient (Wildman–Crippen LogP) is 1.66. The molecule has 0 spiro atoms. The Labute approximate surface area is 131 Å². The molecule has 1 aromatic carbocycles. The van der Waals surface area contributed by atoms with Crippen LogP contribution in [0.15, 0.2) is 34.3 Å². The maximum Gasteiger partial charge on any atom is 0.262 e. The van der Waals surface area contributed by atoms with Crippen LogP contribution in [0.3, 0.4) is 0 Å². The summed E-state index contributed by atoms with van der Waals surface area (Å²) in [5.74, 6) is -0.525. The Morgan fingerprint density at radius 2 is 2.24 bits per heavy atom. The zero-order chi connectivity index (χ0) is 15.5. The normalized spacial score (nSPS) is 20.8. The summed E-state index contributed by atoms with van der Waals surface area (Å²) in [7, 11) is -3.06. The molecule has 0 bridgehead atoms. The second-order valence-corrected chi connectivity index (χ2v) is 7.94.